The van der Waals surface area contributed by atoms with Crippen LogP contribution >= 0.6 is 0 Å². The summed E-state index contributed by atoms with van der Waals surface area (Å²) in [6.45, 7) is 16.1. The molecule has 1 amide bonds. The van der Waals surface area contributed by atoms with Gasteiger partial charge >= 0.3 is 0 Å². The van der Waals surface area contributed by atoms with E-state index in [2.05, 4.69) is 49.3 Å². The number of amides is 1. The van der Waals surface area contributed by atoms with Crippen LogP contribution in [-0.2, 0) is 17.8 Å². The lowest BCUT2D eigenvalue weighted by molar-refractivity contribution is -0.139. The fraction of sp³-hybridized carbons (Fsp3) is 0.643. The van der Waals surface area contributed by atoms with Crippen molar-refractivity contribution in [2.75, 3.05) is 37.6 Å². The lowest BCUT2D eigenvalue weighted by Crippen LogP contribution is -2.49. The molecule has 1 saturated heterocycles. The van der Waals surface area contributed by atoms with Gasteiger partial charge in [0.15, 0.2) is 0 Å². The van der Waals surface area contributed by atoms with Crippen LogP contribution < -0.4 is 4.90 Å². The predicted octanol–water partition coefficient (Wildman–Crippen LogP) is 4.89. The second-order valence-corrected chi connectivity index (χ2v) is 10.8. The Hall–Kier alpha value is -2.41. The minimum absolute atomic E-state index is 0.170. The van der Waals surface area contributed by atoms with Crippen LogP contribution in [-0.4, -0.2) is 64.3 Å². The van der Waals surface area contributed by atoms with Gasteiger partial charge in [-0.05, 0) is 63.3 Å². The lowest BCUT2D eigenvalue weighted by Gasteiger charge is -2.39. The van der Waals surface area contributed by atoms with Crippen molar-refractivity contribution in [1.29, 1.82) is 0 Å². The molecule has 0 unspecified atom stereocenters. The van der Waals surface area contributed by atoms with Crippen LogP contribution in [0.1, 0.15) is 65.1 Å². The first-order valence-electron chi connectivity index (χ1n) is 13.4. The molecule has 0 N–H and O–H groups in total. The van der Waals surface area contributed by atoms with Crippen molar-refractivity contribution in [3.05, 3.63) is 41.3 Å². The monoisotopic (exact) mass is 483 g/mol. The molecule has 2 heterocycles. The summed E-state index contributed by atoms with van der Waals surface area (Å²) in [7, 11) is 0. The molecular weight excluding hydrogens is 441 g/mol. The molecule has 0 spiro atoms. The third-order valence-electron chi connectivity index (χ3n) is 7.49. The van der Waals surface area contributed by atoms with E-state index in [1.54, 1.807) is 12.1 Å². The molecule has 4 rings (SSSR count). The number of hydrogen-bond acceptors (Lipinski definition) is 4. The predicted molar refractivity (Wildman–Crippen MR) is 139 cm³/mol. The normalized spacial score (nSPS) is 17.3. The van der Waals surface area contributed by atoms with Gasteiger partial charge in [-0.3, -0.25) is 9.69 Å². The summed E-state index contributed by atoms with van der Waals surface area (Å²) in [6.07, 6.45) is 3.95. The Morgan fingerprint density at radius 2 is 1.74 bits per heavy atom. The molecule has 35 heavy (non-hydrogen) atoms. The Bertz CT molecular complexity index is 988. The zero-order valence-corrected chi connectivity index (χ0v) is 22.1. The Balaban J connectivity index is 1.74. The van der Waals surface area contributed by atoms with Crippen molar-refractivity contribution in [1.82, 2.24) is 19.6 Å². The van der Waals surface area contributed by atoms with E-state index in [9.17, 15) is 9.18 Å². The fourth-order valence-electron chi connectivity index (χ4n) is 5.25. The van der Waals surface area contributed by atoms with Gasteiger partial charge in [-0.1, -0.05) is 27.2 Å². The molecule has 2 aromatic rings. The lowest BCUT2D eigenvalue weighted by atomic mass is 9.84. The maximum atomic E-state index is 13.7. The van der Waals surface area contributed by atoms with Gasteiger partial charge in [-0.2, -0.15) is 5.10 Å². The Morgan fingerprint density at radius 1 is 1.09 bits per heavy atom. The molecule has 0 atom stereocenters. The number of aromatic nitrogens is 2. The van der Waals surface area contributed by atoms with E-state index in [4.69, 9.17) is 5.10 Å². The summed E-state index contributed by atoms with van der Waals surface area (Å²) >= 11 is 0. The zero-order chi connectivity index (χ0) is 25.1. The molecule has 6 nitrogen and oxygen atoms in total. The average molecular weight is 484 g/mol. The number of nitrogens with zero attached hydrogens (tertiary/aromatic N) is 5. The summed E-state index contributed by atoms with van der Waals surface area (Å²) in [6, 6.07) is 7.10. The highest BCUT2D eigenvalue weighted by Crippen LogP contribution is 2.33. The van der Waals surface area contributed by atoms with Gasteiger partial charge in [0.2, 0.25) is 5.91 Å². The van der Waals surface area contributed by atoms with Crippen molar-refractivity contribution < 1.29 is 9.18 Å². The summed E-state index contributed by atoms with van der Waals surface area (Å²) in [5.41, 5.74) is 3.02. The van der Waals surface area contributed by atoms with Crippen molar-refractivity contribution in [2.45, 2.75) is 72.9 Å². The maximum Gasteiger partial charge on any atom is 0.225 e. The fourth-order valence-corrected chi connectivity index (χ4v) is 5.25. The minimum atomic E-state index is -0.252. The number of anilines is 1. The standard InChI is InChI=1S/C28H42FN5O/c1-6-26-25(19-33(18-20(2)3)28(35)22-8-7-9-22)27(32-16-14-31(15-17-32)21(4)5)34(30-26)24-12-10-23(29)11-13-24/h10-13,20-22H,6-9,14-19H2,1-5H3. The number of rotatable bonds is 9. The van der Waals surface area contributed by atoms with E-state index in [1.807, 2.05) is 4.68 Å². The molecule has 192 valence electrons. The number of piperazine rings is 1. The first-order valence-corrected chi connectivity index (χ1v) is 13.4. The number of carbonyl (C=O) groups is 1. The highest BCUT2D eigenvalue weighted by Gasteiger charge is 2.33. The highest BCUT2D eigenvalue weighted by atomic mass is 19.1. The number of halogens is 1. The molecule has 1 aliphatic heterocycles. The van der Waals surface area contributed by atoms with Crippen molar-refractivity contribution >= 4 is 11.7 Å². The van der Waals surface area contributed by atoms with Gasteiger partial charge < -0.3 is 9.80 Å². The summed E-state index contributed by atoms with van der Waals surface area (Å²) in [4.78, 5) is 20.4. The molecule has 1 aliphatic carbocycles. The number of carbonyl (C=O) groups excluding carboxylic acids is 1. The molecule has 7 heteroatoms. The summed E-state index contributed by atoms with van der Waals surface area (Å²) < 4.78 is 15.7. The second-order valence-electron chi connectivity index (χ2n) is 10.8. The topological polar surface area (TPSA) is 44.6 Å². The molecule has 1 saturated carbocycles. The number of aryl methyl sites for hydroxylation is 1. The van der Waals surface area contributed by atoms with E-state index in [0.717, 1.165) is 81.2 Å². The van der Waals surface area contributed by atoms with Crippen LogP contribution in [0.5, 0.6) is 0 Å². The Labute approximate surface area is 210 Å². The molecule has 2 aliphatic rings. The van der Waals surface area contributed by atoms with E-state index < -0.39 is 0 Å². The van der Waals surface area contributed by atoms with E-state index in [0.29, 0.717) is 18.5 Å². The van der Waals surface area contributed by atoms with Crippen molar-refractivity contribution in [3.8, 4) is 5.69 Å². The van der Waals surface area contributed by atoms with Gasteiger partial charge in [0.05, 0.1) is 17.9 Å². The quantitative estimate of drug-likeness (QED) is 0.510. The Kier molecular flexibility index (Phi) is 8.15. The van der Waals surface area contributed by atoms with Gasteiger partial charge in [0, 0.05) is 50.2 Å². The number of benzene rings is 1. The van der Waals surface area contributed by atoms with E-state index in [1.165, 1.54) is 12.1 Å². The minimum Gasteiger partial charge on any atom is -0.354 e. The van der Waals surface area contributed by atoms with Crippen LogP contribution in [0, 0.1) is 17.7 Å². The van der Waals surface area contributed by atoms with Gasteiger partial charge in [0.25, 0.3) is 0 Å². The molecule has 0 bridgehead atoms. The molecule has 2 fully saturated rings. The van der Waals surface area contributed by atoms with Crippen LogP contribution in [0.3, 0.4) is 0 Å². The first kappa shape index (κ1) is 25.7. The average Bonchev–Trinajstić information content (AvgIpc) is 3.16. The van der Waals surface area contributed by atoms with Crippen LogP contribution in [0.15, 0.2) is 24.3 Å². The van der Waals surface area contributed by atoms with Crippen molar-refractivity contribution in [3.63, 3.8) is 0 Å². The smallest absolute Gasteiger partial charge is 0.225 e. The summed E-state index contributed by atoms with van der Waals surface area (Å²) in [5, 5.41) is 5.03. The van der Waals surface area contributed by atoms with E-state index in [-0.39, 0.29) is 17.6 Å². The first-order chi connectivity index (χ1) is 16.8. The van der Waals surface area contributed by atoms with Gasteiger partial charge in [-0.25, -0.2) is 9.07 Å². The molecular formula is C28H42FN5O. The van der Waals surface area contributed by atoms with Gasteiger partial charge in [0.1, 0.15) is 11.6 Å². The third kappa shape index (κ3) is 5.71. The molecule has 1 aromatic heterocycles. The molecule has 0 radical (unpaired) electrons. The summed E-state index contributed by atoms with van der Waals surface area (Å²) in [5.74, 6) is 1.67. The third-order valence-corrected chi connectivity index (χ3v) is 7.49. The van der Waals surface area contributed by atoms with E-state index >= 15 is 0 Å². The van der Waals surface area contributed by atoms with Crippen molar-refractivity contribution in [2.24, 2.45) is 11.8 Å². The number of hydrogen-bond donors (Lipinski definition) is 0. The molecule has 1 aromatic carbocycles. The van der Waals surface area contributed by atoms with Crippen LogP contribution in [0.25, 0.3) is 5.69 Å². The SMILES string of the molecule is CCc1nn(-c2ccc(F)cc2)c(N2CCN(C(C)C)CC2)c1CN(CC(C)C)C(=O)C1CCC1. The van der Waals surface area contributed by atoms with Gasteiger partial charge in [-0.15, -0.1) is 0 Å². The second kappa shape index (κ2) is 11.1. The Morgan fingerprint density at radius 3 is 2.26 bits per heavy atom. The highest BCUT2D eigenvalue weighted by molar-refractivity contribution is 5.80. The maximum absolute atomic E-state index is 13.7. The zero-order valence-electron chi connectivity index (χ0n) is 22.1. The van der Waals surface area contributed by atoms with Crippen LogP contribution in [0.2, 0.25) is 0 Å². The van der Waals surface area contributed by atoms with Crippen LogP contribution in [0.4, 0.5) is 10.2 Å². The largest absolute Gasteiger partial charge is 0.354 e.